The van der Waals surface area contributed by atoms with E-state index >= 15 is 0 Å². The number of aliphatic hydroxyl groups is 1. The van der Waals surface area contributed by atoms with E-state index in [1.165, 1.54) is 0 Å². The zero-order valence-electron chi connectivity index (χ0n) is 11.2. The molecule has 2 unspecified atom stereocenters. The molecule has 2 rings (SSSR count). The number of aryl methyl sites for hydroxylation is 2. The Bertz CT molecular complexity index is 538. The van der Waals surface area contributed by atoms with E-state index in [0.29, 0.717) is 17.9 Å². The Balaban J connectivity index is 2.04. The molecular formula is C13H19N3O3. The fraction of sp³-hybridized carbons (Fsp3) is 0.615. The number of aliphatic hydroxyl groups excluding tert-OH is 1. The van der Waals surface area contributed by atoms with E-state index in [4.69, 9.17) is 0 Å². The third kappa shape index (κ3) is 3.01. The largest absolute Gasteiger partial charge is 0.393 e. The molecule has 0 saturated heterocycles. The van der Waals surface area contributed by atoms with Crippen LogP contribution in [-0.4, -0.2) is 33.6 Å². The quantitative estimate of drug-likeness (QED) is 0.731. The van der Waals surface area contributed by atoms with Crippen LogP contribution in [0.1, 0.15) is 41.1 Å². The van der Waals surface area contributed by atoms with Gasteiger partial charge in [-0.3, -0.25) is 9.59 Å². The summed E-state index contributed by atoms with van der Waals surface area (Å²) in [7, 11) is 0. The lowest BCUT2D eigenvalue weighted by atomic mass is 10.1. The molecule has 0 spiro atoms. The molecule has 1 heterocycles. The van der Waals surface area contributed by atoms with Crippen molar-refractivity contribution in [1.29, 1.82) is 0 Å². The number of nitrogens with one attached hydrogen (secondary N) is 2. The van der Waals surface area contributed by atoms with Gasteiger partial charge in [0.15, 0.2) is 5.69 Å². The van der Waals surface area contributed by atoms with E-state index < -0.39 is 11.5 Å². The summed E-state index contributed by atoms with van der Waals surface area (Å²) in [4.78, 5) is 30.2. The van der Waals surface area contributed by atoms with Crippen molar-refractivity contribution in [2.24, 2.45) is 5.92 Å². The van der Waals surface area contributed by atoms with Gasteiger partial charge in [-0.15, -0.1) is 0 Å². The van der Waals surface area contributed by atoms with Crippen LogP contribution in [0.5, 0.6) is 0 Å². The summed E-state index contributed by atoms with van der Waals surface area (Å²) in [6, 6.07) is 0. The number of H-pyrrole nitrogens is 1. The topological polar surface area (TPSA) is 95.1 Å². The van der Waals surface area contributed by atoms with Crippen LogP contribution in [0.15, 0.2) is 4.79 Å². The highest BCUT2D eigenvalue weighted by molar-refractivity contribution is 5.91. The van der Waals surface area contributed by atoms with Crippen LogP contribution in [-0.2, 0) is 0 Å². The lowest BCUT2D eigenvalue weighted by molar-refractivity contribution is 0.0910. The highest BCUT2D eigenvalue weighted by Gasteiger charge is 2.26. The molecule has 19 heavy (non-hydrogen) atoms. The number of hydrogen-bond donors (Lipinski definition) is 3. The standard InChI is InChI=1S/C13H19N3O3/c1-7-8(2)16-13(19)11(15-7)12(18)14-6-9-4-3-5-10(9)17/h9-10,17H,3-6H2,1-2H3,(H,14,18)(H,16,19). The maximum atomic E-state index is 11.9. The molecule has 1 aromatic rings. The Kier molecular flexibility index (Phi) is 3.99. The highest BCUT2D eigenvalue weighted by atomic mass is 16.3. The van der Waals surface area contributed by atoms with Gasteiger partial charge < -0.3 is 15.4 Å². The Morgan fingerprint density at radius 1 is 1.47 bits per heavy atom. The number of carbonyl (C=O) groups is 1. The van der Waals surface area contributed by atoms with Crippen LogP contribution >= 0.6 is 0 Å². The van der Waals surface area contributed by atoms with Gasteiger partial charge in [0.2, 0.25) is 0 Å². The molecular weight excluding hydrogens is 246 g/mol. The monoisotopic (exact) mass is 265 g/mol. The maximum Gasteiger partial charge on any atom is 0.279 e. The summed E-state index contributed by atoms with van der Waals surface area (Å²) in [6.07, 6.45) is 2.30. The second-order valence-electron chi connectivity index (χ2n) is 5.09. The second kappa shape index (κ2) is 5.52. The highest BCUT2D eigenvalue weighted by Crippen LogP contribution is 2.24. The van der Waals surface area contributed by atoms with Crippen molar-refractivity contribution >= 4 is 5.91 Å². The Labute approximate surface area is 111 Å². The number of rotatable bonds is 3. The SMILES string of the molecule is Cc1nc(C(=O)NCC2CCCC2O)c(=O)[nH]c1C. The minimum Gasteiger partial charge on any atom is -0.393 e. The van der Waals surface area contributed by atoms with Crippen molar-refractivity contribution in [2.75, 3.05) is 6.54 Å². The van der Waals surface area contributed by atoms with Gasteiger partial charge in [0.1, 0.15) is 0 Å². The summed E-state index contributed by atoms with van der Waals surface area (Å²) in [5.74, 6) is -0.405. The molecule has 2 atom stereocenters. The van der Waals surface area contributed by atoms with Crippen LogP contribution in [0.4, 0.5) is 0 Å². The van der Waals surface area contributed by atoms with Crippen LogP contribution in [0.3, 0.4) is 0 Å². The summed E-state index contributed by atoms with van der Waals surface area (Å²) in [5, 5.41) is 12.4. The van der Waals surface area contributed by atoms with Gasteiger partial charge in [0.25, 0.3) is 11.5 Å². The molecule has 104 valence electrons. The lowest BCUT2D eigenvalue weighted by Crippen LogP contribution is -2.36. The first-order valence-electron chi connectivity index (χ1n) is 6.53. The molecule has 1 aromatic heterocycles. The number of nitrogens with zero attached hydrogens (tertiary/aromatic N) is 1. The molecule has 0 radical (unpaired) electrons. The molecule has 3 N–H and O–H groups in total. The van der Waals surface area contributed by atoms with E-state index in [1.54, 1.807) is 13.8 Å². The fourth-order valence-corrected chi connectivity index (χ4v) is 2.34. The van der Waals surface area contributed by atoms with Crippen molar-refractivity contribution in [1.82, 2.24) is 15.3 Å². The Hall–Kier alpha value is -1.69. The number of hydrogen-bond acceptors (Lipinski definition) is 4. The third-order valence-corrected chi connectivity index (χ3v) is 3.70. The number of aromatic amines is 1. The fourth-order valence-electron chi connectivity index (χ4n) is 2.34. The summed E-state index contributed by atoms with van der Waals surface area (Å²) >= 11 is 0. The third-order valence-electron chi connectivity index (χ3n) is 3.70. The molecule has 0 aromatic carbocycles. The number of aromatic nitrogens is 2. The van der Waals surface area contributed by atoms with Gasteiger partial charge in [0.05, 0.1) is 11.8 Å². The van der Waals surface area contributed by atoms with E-state index in [9.17, 15) is 14.7 Å². The normalized spacial score (nSPS) is 22.5. The smallest absolute Gasteiger partial charge is 0.279 e. The van der Waals surface area contributed by atoms with Crippen molar-refractivity contribution in [2.45, 2.75) is 39.2 Å². The first-order chi connectivity index (χ1) is 8.99. The molecule has 6 heteroatoms. The molecule has 0 bridgehead atoms. The van der Waals surface area contributed by atoms with E-state index in [-0.39, 0.29) is 17.7 Å². The van der Waals surface area contributed by atoms with Gasteiger partial charge >= 0.3 is 0 Å². The number of carbonyl (C=O) groups excluding carboxylic acids is 1. The van der Waals surface area contributed by atoms with E-state index in [0.717, 1.165) is 19.3 Å². The maximum absolute atomic E-state index is 11.9. The number of amides is 1. The average molecular weight is 265 g/mol. The van der Waals surface area contributed by atoms with Gasteiger partial charge in [-0.05, 0) is 26.7 Å². The van der Waals surface area contributed by atoms with Crippen LogP contribution in [0.2, 0.25) is 0 Å². The van der Waals surface area contributed by atoms with Gasteiger partial charge in [0, 0.05) is 18.2 Å². The predicted octanol–water partition coefficient (Wildman–Crippen LogP) is 0.278. The van der Waals surface area contributed by atoms with Gasteiger partial charge in [-0.25, -0.2) is 4.98 Å². The minimum absolute atomic E-state index is 0.0783. The summed E-state index contributed by atoms with van der Waals surface area (Å²) in [5.41, 5.74) is 0.696. The zero-order chi connectivity index (χ0) is 14.0. The second-order valence-corrected chi connectivity index (χ2v) is 5.09. The molecule has 1 amide bonds. The first-order valence-corrected chi connectivity index (χ1v) is 6.53. The summed E-state index contributed by atoms with van der Waals surface area (Å²) < 4.78 is 0. The summed E-state index contributed by atoms with van der Waals surface area (Å²) in [6.45, 7) is 3.86. The molecule has 1 aliphatic carbocycles. The van der Waals surface area contributed by atoms with E-state index in [1.807, 2.05) is 0 Å². The van der Waals surface area contributed by atoms with Crippen molar-refractivity contribution < 1.29 is 9.90 Å². The zero-order valence-corrected chi connectivity index (χ0v) is 11.2. The Morgan fingerprint density at radius 3 is 2.84 bits per heavy atom. The van der Waals surface area contributed by atoms with Crippen LogP contribution in [0, 0.1) is 19.8 Å². The molecule has 6 nitrogen and oxygen atoms in total. The molecule has 0 aliphatic heterocycles. The van der Waals surface area contributed by atoms with E-state index in [2.05, 4.69) is 15.3 Å². The molecule has 1 saturated carbocycles. The minimum atomic E-state index is -0.483. The van der Waals surface area contributed by atoms with Crippen LogP contribution < -0.4 is 10.9 Å². The van der Waals surface area contributed by atoms with Crippen molar-refractivity contribution in [3.05, 3.63) is 27.4 Å². The Morgan fingerprint density at radius 2 is 2.21 bits per heavy atom. The first kappa shape index (κ1) is 13.7. The average Bonchev–Trinajstić information content (AvgIpc) is 2.76. The molecule has 1 fully saturated rings. The van der Waals surface area contributed by atoms with Crippen LogP contribution in [0.25, 0.3) is 0 Å². The predicted molar refractivity (Wildman–Crippen MR) is 70.0 cm³/mol. The van der Waals surface area contributed by atoms with Crippen molar-refractivity contribution in [3.8, 4) is 0 Å². The van der Waals surface area contributed by atoms with Crippen molar-refractivity contribution in [3.63, 3.8) is 0 Å². The molecule has 1 aliphatic rings. The lowest BCUT2D eigenvalue weighted by Gasteiger charge is -2.14. The van der Waals surface area contributed by atoms with Gasteiger partial charge in [-0.1, -0.05) is 6.42 Å². The van der Waals surface area contributed by atoms with Gasteiger partial charge in [-0.2, -0.15) is 0 Å².